The van der Waals surface area contributed by atoms with E-state index >= 15 is 0 Å². The Morgan fingerprint density at radius 1 is 1.03 bits per heavy atom. The van der Waals surface area contributed by atoms with Gasteiger partial charge in [0, 0.05) is 38.0 Å². The van der Waals surface area contributed by atoms with Crippen LogP contribution in [0.3, 0.4) is 0 Å². The Balaban J connectivity index is 2.09. The number of esters is 3. The average molecular weight is 473 g/mol. The van der Waals surface area contributed by atoms with E-state index in [2.05, 4.69) is 0 Å². The molecule has 0 radical (unpaired) electrons. The Morgan fingerprint density at radius 3 is 2.24 bits per heavy atom. The fraction of sp³-hybridized carbons (Fsp3) is 0.577. The SMILES string of the molecule is CC(=O)OC1CC(C)(C)C2(O)C(OC(C)=O)Cc3c(cc4occc4c3C)C2(C)C1OC(C)=O. The number of hydrogen-bond acceptors (Lipinski definition) is 8. The monoisotopic (exact) mass is 472 g/mol. The molecule has 0 saturated heterocycles. The van der Waals surface area contributed by atoms with Gasteiger partial charge in [-0.15, -0.1) is 0 Å². The molecule has 5 atom stereocenters. The Hall–Kier alpha value is -2.87. The highest BCUT2D eigenvalue weighted by atomic mass is 16.6. The molecule has 0 amide bonds. The number of fused-ring (bicyclic) bond motifs is 4. The summed E-state index contributed by atoms with van der Waals surface area (Å²) in [6, 6.07) is 3.72. The smallest absolute Gasteiger partial charge is 0.303 e. The van der Waals surface area contributed by atoms with Crippen LogP contribution in [0.4, 0.5) is 0 Å². The lowest BCUT2D eigenvalue weighted by molar-refractivity contribution is -0.275. The molecule has 8 heteroatoms. The Morgan fingerprint density at radius 2 is 1.65 bits per heavy atom. The molecule has 2 aliphatic rings. The van der Waals surface area contributed by atoms with Gasteiger partial charge in [-0.05, 0) is 49.1 Å². The summed E-state index contributed by atoms with van der Waals surface area (Å²) >= 11 is 0. The predicted octanol–water partition coefficient (Wildman–Crippen LogP) is 3.51. The summed E-state index contributed by atoms with van der Waals surface area (Å²) in [4.78, 5) is 36.5. The maximum absolute atomic E-state index is 12.6. The van der Waals surface area contributed by atoms with Crippen molar-refractivity contribution in [2.24, 2.45) is 5.41 Å². The molecule has 8 nitrogen and oxygen atoms in total. The van der Waals surface area contributed by atoms with Crippen LogP contribution in [-0.2, 0) is 40.4 Å². The minimum Gasteiger partial charge on any atom is -0.464 e. The van der Waals surface area contributed by atoms with E-state index in [-0.39, 0.29) is 12.8 Å². The molecule has 2 aromatic rings. The van der Waals surface area contributed by atoms with Crippen LogP contribution >= 0.6 is 0 Å². The van der Waals surface area contributed by atoms with E-state index in [1.54, 1.807) is 13.2 Å². The molecule has 4 rings (SSSR count). The molecule has 1 saturated carbocycles. The second kappa shape index (κ2) is 7.83. The van der Waals surface area contributed by atoms with E-state index in [0.29, 0.717) is 5.58 Å². The second-order valence-corrected chi connectivity index (χ2v) is 10.4. The molecule has 0 aliphatic heterocycles. The van der Waals surface area contributed by atoms with Crippen LogP contribution in [0.1, 0.15) is 64.7 Å². The standard InChI is InChI=1S/C26H32O8/c1-13-17-8-9-31-20(17)11-19-18(13)10-22(33-15(3)28)26(30)24(5,6)12-21(32-14(2)27)23(25(19,26)7)34-16(4)29/h8-9,11,21-23,30H,10,12H2,1-7H3. The van der Waals surface area contributed by atoms with Gasteiger partial charge in [-0.3, -0.25) is 14.4 Å². The largest absolute Gasteiger partial charge is 0.464 e. The highest BCUT2D eigenvalue weighted by Crippen LogP contribution is 2.62. The first-order valence-corrected chi connectivity index (χ1v) is 11.5. The van der Waals surface area contributed by atoms with E-state index in [4.69, 9.17) is 18.6 Å². The topological polar surface area (TPSA) is 112 Å². The van der Waals surface area contributed by atoms with Gasteiger partial charge in [0.1, 0.15) is 23.4 Å². The highest BCUT2D eigenvalue weighted by molar-refractivity contribution is 5.84. The van der Waals surface area contributed by atoms with Gasteiger partial charge in [-0.1, -0.05) is 13.8 Å². The molecule has 1 aromatic heterocycles. The zero-order valence-electron chi connectivity index (χ0n) is 20.7. The van der Waals surface area contributed by atoms with Gasteiger partial charge in [0.15, 0.2) is 6.10 Å². The van der Waals surface area contributed by atoms with Crippen LogP contribution in [0.2, 0.25) is 0 Å². The van der Waals surface area contributed by atoms with Gasteiger partial charge in [0.05, 0.1) is 11.7 Å². The third-order valence-electron chi connectivity index (χ3n) is 7.93. The lowest BCUT2D eigenvalue weighted by Gasteiger charge is -2.65. The third-order valence-corrected chi connectivity index (χ3v) is 7.93. The molecule has 1 fully saturated rings. The maximum Gasteiger partial charge on any atom is 0.303 e. The van der Waals surface area contributed by atoms with E-state index in [0.717, 1.165) is 22.1 Å². The zero-order chi connectivity index (χ0) is 25.2. The Bertz CT molecular complexity index is 1180. The fourth-order valence-corrected chi connectivity index (χ4v) is 6.59. The summed E-state index contributed by atoms with van der Waals surface area (Å²) in [5, 5.41) is 13.6. The minimum absolute atomic E-state index is 0.200. The molecule has 2 aliphatic carbocycles. The van der Waals surface area contributed by atoms with E-state index in [9.17, 15) is 19.5 Å². The van der Waals surface area contributed by atoms with Gasteiger partial charge in [0.25, 0.3) is 0 Å². The minimum atomic E-state index is -1.66. The van der Waals surface area contributed by atoms with Crippen molar-refractivity contribution in [3.05, 3.63) is 35.1 Å². The highest BCUT2D eigenvalue weighted by Gasteiger charge is 2.73. The Labute approximate surface area is 198 Å². The van der Waals surface area contributed by atoms with E-state index in [1.165, 1.54) is 20.8 Å². The summed E-state index contributed by atoms with van der Waals surface area (Å²) in [5.74, 6) is -1.61. The van der Waals surface area contributed by atoms with Crippen molar-refractivity contribution in [1.29, 1.82) is 0 Å². The summed E-state index contributed by atoms with van der Waals surface area (Å²) in [5.41, 5.74) is -0.724. The van der Waals surface area contributed by atoms with Crippen LogP contribution in [0.5, 0.6) is 0 Å². The van der Waals surface area contributed by atoms with E-state index < -0.39 is 52.7 Å². The molecule has 1 heterocycles. The van der Waals surface area contributed by atoms with Crippen molar-refractivity contribution in [1.82, 2.24) is 0 Å². The average Bonchev–Trinajstić information content (AvgIpc) is 3.17. The summed E-state index contributed by atoms with van der Waals surface area (Å²) in [6.07, 6.45) is -0.698. The number of aliphatic hydroxyl groups is 1. The van der Waals surface area contributed by atoms with Crippen molar-refractivity contribution >= 4 is 28.9 Å². The van der Waals surface area contributed by atoms with Crippen molar-refractivity contribution in [3.63, 3.8) is 0 Å². The van der Waals surface area contributed by atoms with E-state index in [1.807, 2.05) is 32.9 Å². The number of aryl methyl sites for hydroxylation is 1. The molecule has 1 N–H and O–H groups in total. The van der Waals surface area contributed by atoms with Gasteiger partial charge in [-0.2, -0.15) is 0 Å². The molecule has 5 unspecified atom stereocenters. The number of carbonyl (C=O) groups excluding carboxylic acids is 3. The molecule has 1 aromatic carbocycles. The lowest BCUT2D eigenvalue weighted by atomic mass is 9.44. The quantitative estimate of drug-likeness (QED) is 0.534. The van der Waals surface area contributed by atoms with Gasteiger partial charge in [0.2, 0.25) is 0 Å². The molecular formula is C26H32O8. The molecular weight excluding hydrogens is 440 g/mol. The number of rotatable bonds is 3. The molecule has 184 valence electrons. The van der Waals surface area contributed by atoms with Crippen LogP contribution in [0, 0.1) is 12.3 Å². The summed E-state index contributed by atoms with van der Waals surface area (Å²) < 4.78 is 23.0. The number of furan rings is 1. The fourth-order valence-electron chi connectivity index (χ4n) is 6.59. The first-order chi connectivity index (χ1) is 15.7. The predicted molar refractivity (Wildman–Crippen MR) is 122 cm³/mol. The zero-order valence-corrected chi connectivity index (χ0v) is 20.7. The molecule has 0 spiro atoms. The first kappa shape index (κ1) is 24.3. The lowest BCUT2D eigenvalue weighted by Crippen LogP contribution is -2.78. The normalized spacial score (nSPS) is 31.8. The number of benzene rings is 1. The van der Waals surface area contributed by atoms with Crippen molar-refractivity contribution in [2.45, 2.75) is 90.6 Å². The van der Waals surface area contributed by atoms with Crippen molar-refractivity contribution in [2.75, 3.05) is 0 Å². The first-order valence-electron chi connectivity index (χ1n) is 11.5. The molecule has 0 bridgehead atoms. The number of hydrogen-bond donors (Lipinski definition) is 1. The maximum atomic E-state index is 12.6. The van der Waals surface area contributed by atoms with Gasteiger partial charge in [-0.25, -0.2) is 0 Å². The Kier molecular flexibility index (Phi) is 5.59. The van der Waals surface area contributed by atoms with Crippen LogP contribution in [0.15, 0.2) is 22.8 Å². The second-order valence-electron chi connectivity index (χ2n) is 10.4. The molecule has 34 heavy (non-hydrogen) atoms. The van der Waals surface area contributed by atoms with Gasteiger partial charge >= 0.3 is 17.9 Å². The van der Waals surface area contributed by atoms with Crippen molar-refractivity contribution in [3.8, 4) is 0 Å². The van der Waals surface area contributed by atoms with Crippen LogP contribution < -0.4 is 0 Å². The van der Waals surface area contributed by atoms with Crippen LogP contribution in [0.25, 0.3) is 11.0 Å². The summed E-state index contributed by atoms with van der Waals surface area (Å²) in [7, 11) is 0. The van der Waals surface area contributed by atoms with Crippen molar-refractivity contribution < 1.29 is 38.1 Å². The third kappa shape index (κ3) is 3.26. The number of ether oxygens (including phenoxy) is 3. The van der Waals surface area contributed by atoms with Gasteiger partial charge < -0.3 is 23.7 Å². The van der Waals surface area contributed by atoms with Crippen LogP contribution in [-0.4, -0.2) is 46.9 Å². The number of carbonyl (C=O) groups is 3. The summed E-state index contributed by atoms with van der Waals surface area (Å²) in [6.45, 7) is 11.3.